The topological polar surface area (TPSA) is 89.0 Å². The van der Waals surface area contributed by atoms with E-state index in [9.17, 15) is 5.11 Å². The van der Waals surface area contributed by atoms with Crippen molar-refractivity contribution >= 4 is 6.03 Å². The summed E-state index contributed by atoms with van der Waals surface area (Å²) in [7, 11) is 0. The van der Waals surface area contributed by atoms with Crippen LogP contribution in [0, 0.1) is 0 Å². The van der Waals surface area contributed by atoms with Gasteiger partial charge in [0, 0.05) is 0 Å². The second-order valence-electron chi connectivity index (χ2n) is 1.81. The van der Waals surface area contributed by atoms with Gasteiger partial charge in [0.1, 0.15) is 0 Å². The van der Waals surface area contributed by atoms with Gasteiger partial charge in [0.15, 0.2) is 0 Å². The quantitative estimate of drug-likeness (QED) is 0.563. The van der Waals surface area contributed by atoms with Crippen LogP contribution >= 0.6 is 0 Å². The van der Waals surface area contributed by atoms with Crippen LogP contribution in [0.3, 0.4) is 0 Å². The summed E-state index contributed by atoms with van der Waals surface area (Å²) >= 11 is 0. The van der Waals surface area contributed by atoms with E-state index in [-0.39, 0.29) is 6.61 Å². The molecule has 0 aromatic heterocycles. The average Bonchev–Trinajstić information content (AvgIpc) is 1.82. The summed E-state index contributed by atoms with van der Waals surface area (Å²) in [6.45, 7) is 2.20. The van der Waals surface area contributed by atoms with E-state index in [1.54, 1.807) is 0 Å². The van der Waals surface area contributed by atoms with Crippen LogP contribution in [-0.2, 0) is 5.11 Å². The molecule has 0 unspecified atom stereocenters. The van der Waals surface area contributed by atoms with Crippen molar-refractivity contribution in [1.82, 2.24) is 0 Å². The Morgan fingerprint density at radius 3 is 1.80 bits per heavy atom. The second kappa shape index (κ2) is 11.1. The fraction of sp³-hybridized carbons (Fsp3) is 0.833. The Bertz CT molecular complexity index is 68.1. The Hall–Kier alpha value is -0.770. The highest BCUT2D eigenvalue weighted by atomic mass is 16.2. The summed E-state index contributed by atoms with van der Waals surface area (Å²) in [5.41, 5.74) is 8.50. The van der Waals surface area contributed by atoms with Gasteiger partial charge in [-0.2, -0.15) is 0 Å². The van der Waals surface area contributed by atoms with E-state index in [0.717, 1.165) is 19.3 Å². The minimum Gasteiger partial charge on any atom is -0.352 e. The second-order valence-corrected chi connectivity index (χ2v) is 1.81. The maximum atomic E-state index is 9.69. The molecule has 2 amide bonds. The molecule has 0 bridgehead atoms. The van der Waals surface area contributed by atoms with Crippen LogP contribution in [-0.4, -0.2) is 12.6 Å². The van der Waals surface area contributed by atoms with Crippen molar-refractivity contribution in [2.24, 2.45) is 11.5 Å². The van der Waals surface area contributed by atoms with Crippen molar-refractivity contribution in [1.29, 1.82) is 0 Å². The van der Waals surface area contributed by atoms with Crippen molar-refractivity contribution < 1.29 is 9.90 Å². The van der Waals surface area contributed by atoms with Crippen LogP contribution < -0.4 is 11.5 Å². The fourth-order valence-corrected chi connectivity index (χ4v) is 0.352. The molecule has 0 heterocycles. The molecule has 1 radical (unpaired) electrons. The summed E-state index contributed by atoms with van der Waals surface area (Å²) in [5.74, 6) is 0. The maximum absolute atomic E-state index is 9.69. The number of hydrogen-bond donors (Lipinski definition) is 2. The van der Waals surface area contributed by atoms with Crippen molar-refractivity contribution in [2.75, 3.05) is 6.61 Å². The Morgan fingerprint density at radius 1 is 1.30 bits per heavy atom. The molecule has 0 aromatic carbocycles. The van der Waals surface area contributed by atoms with Gasteiger partial charge in [-0.15, -0.1) is 0 Å². The zero-order valence-corrected chi connectivity index (χ0v) is 6.30. The van der Waals surface area contributed by atoms with Crippen LogP contribution in [0.2, 0.25) is 0 Å². The lowest BCUT2D eigenvalue weighted by atomic mass is 10.3. The van der Waals surface area contributed by atoms with Crippen molar-refractivity contribution in [3.05, 3.63) is 0 Å². The van der Waals surface area contributed by atoms with E-state index in [4.69, 9.17) is 4.79 Å². The molecule has 0 spiro atoms. The highest BCUT2D eigenvalue weighted by molar-refractivity contribution is 5.69. The molecule has 10 heavy (non-hydrogen) atoms. The zero-order valence-electron chi connectivity index (χ0n) is 6.30. The predicted molar refractivity (Wildman–Crippen MR) is 38.8 cm³/mol. The standard InChI is InChI=1S/C5H11O.CH4N2O/c1-2-3-4-5-6;2-1(3)4/h2-5H2,1H3;(H4,2,3,4). The van der Waals surface area contributed by atoms with Gasteiger partial charge < -0.3 is 11.5 Å². The van der Waals surface area contributed by atoms with Crippen LogP contribution in [0.25, 0.3) is 0 Å². The normalized spacial score (nSPS) is 7.80. The monoisotopic (exact) mass is 147 g/mol. The van der Waals surface area contributed by atoms with Gasteiger partial charge in [0.25, 0.3) is 0 Å². The first-order chi connectivity index (χ1) is 4.65. The van der Waals surface area contributed by atoms with Gasteiger partial charge in [-0.05, 0) is 6.42 Å². The number of hydrogen-bond acceptors (Lipinski definition) is 1. The molecular formula is C6H15N2O2. The van der Waals surface area contributed by atoms with Crippen molar-refractivity contribution in [3.63, 3.8) is 0 Å². The number of nitrogens with two attached hydrogens (primary N) is 2. The highest BCUT2D eigenvalue weighted by Gasteiger charge is 1.77. The molecule has 4 heteroatoms. The highest BCUT2D eigenvalue weighted by Crippen LogP contribution is 1.89. The number of primary amides is 2. The van der Waals surface area contributed by atoms with E-state index in [0.29, 0.717) is 0 Å². The van der Waals surface area contributed by atoms with E-state index < -0.39 is 6.03 Å². The third kappa shape index (κ3) is 56.4. The Labute approximate surface area is 61.2 Å². The molecule has 0 atom stereocenters. The number of unbranched alkanes of at least 4 members (excludes halogenated alkanes) is 2. The van der Waals surface area contributed by atoms with Crippen LogP contribution in [0.15, 0.2) is 0 Å². The lowest BCUT2D eigenvalue weighted by Gasteiger charge is -1.84. The summed E-state index contributed by atoms with van der Waals surface area (Å²) in [6, 6.07) is -0.833. The van der Waals surface area contributed by atoms with Gasteiger partial charge in [0.05, 0.1) is 6.61 Å². The number of carbonyl (C=O) groups excluding carboxylic acids is 1. The molecule has 0 saturated heterocycles. The van der Waals surface area contributed by atoms with E-state index in [2.05, 4.69) is 18.4 Å². The molecule has 0 aliphatic heterocycles. The third-order valence-corrected chi connectivity index (χ3v) is 0.748. The Morgan fingerprint density at radius 2 is 1.70 bits per heavy atom. The molecule has 4 N–H and O–H groups in total. The van der Waals surface area contributed by atoms with Crippen molar-refractivity contribution in [3.8, 4) is 0 Å². The summed E-state index contributed by atoms with van der Waals surface area (Å²) in [5, 5.41) is 9.69. The number of carbonyl (C=O) groups is 1. The average molecular weight is 147 g/mol. The van der Waals surface area contributed by atoms with Gasteiger partial charge in [-0.1, -0.05) is 19.8 Å². The largest absolute Gasteiger partial charge is 0.352 e. The molecule has 0 fully saturated rings. The SMILES string of the molecule is CCCCC[O].NC(N)=O. The fourth-order valence-electron chi connectivity index (χ4n) is 0.352. The van der Waals surface area contributed by atoms with Gasteiger partial charge >= 0.3 is 6.03 Å². The molecule has 61 valence electrons. The molecule has 4 nitrogen and oxygen atoms in total. The van der Waals surface area contributed by atoms with Crippen molar-refractivity contribution in [2.45, 2.75) is 26.2 Å². The Balaban J connectivity index is 0. The third-order valence-electron chi connectivity index (χ3n) is 0.748. The first-order valence-electron chi connectivity index (χ1n) is 3.28. The zero-order chi connectivity index (χ0) is 8.41. The van der Waals surface area contributed by atoms with Gasteiger partial charge in [0.2, 0.25) is 0 Å². The molecule has 0 aliphatic rings. The molecule has 0 aromatic rings. The lowest BCUT2D eigenvalue weighted by molar-refractivity contribution is 0.186. The summed E-state index contributed by atoms with van der Waals surface area (Å²) < 4.78 is 0. The summed E-state index contributed by atoms with van der Waals surface area (Å²) in [4.78, 5) is 9.00. The minimum absolute atomic E-state index is 0.105. The molecule has 0 aliphatic carbocycles. The van der Waals surface area contributed by atoms with E-state index in [1.807, 2.05) is 0 Å². The Kier molecular flexibility index (Phi) is 13.3. The number of urea groups is 1. The first-order valence-corrected chi connectivity index (χ1v) is 3.28. The van der Waals surface area contributed by atoms with Gasteiger partial charge in [-0.25, -0.2) is 9.90 Å². The van der Waals surface area contributed by atoms with Crippen LogP contribution in [0.1, 0.15) is 26.2 Å². The number of amides is 2. The lowest BCUT2D eigenvalue weighted by Crippen LogP contribution is -2.18. The molecule has 0 rings (SSSR count). The van der Waals surface area contributed by atoms with E-state index >= 15 is 0 Å². The summed E-state index contributed by atoms with van der Waals surface area (Å²) in [6.07, 6.45) is 3.11. The first kappa shape index (κ1) is 12.0. The minimum atomic E-state index is -0.833. The molecule has 0 saturated carbocycles. The van der Waals surface area contributed by atoms with E-state index in [1.165, 1.54) is 0 Å². The molecular weight excluding hydrogens is 132 g/mol. The number of rotatable bonds is 3. The smallest absolute Gasteiger partial charge is 0.309 e. The van der Waals surface area contributed by atoms with Crippen LogP contribution in [0.4, 0.5) is 4.79 Å². The van der Waals surface area contributed by atoms with Gasteiger partial charge in [-0.3, -0.25) is 0 Å². The van der Waals surface area contributed by atoms with Crippen LogP contribution in [0.5, 0.6) is 0 Å². The predicted octanol–water partition coefficient (Wildman–Crippen LogP) is 0.631. The maximum Gasteiger partial charge on any atom is 0.309 e.